The van der Waals surface area contributed by atoms with Gasteiger partial charge in [-0.05, 0) is 24.8 Å². The highest BCUT2D eigenvalue weighted by Gasteiger charge is 2.20. The van der Waals surface area contributed by atoms with Gasteiger partial charge >= 0.3 is 0 Å². The van der Waals surface area contributed by atoms with Crippen molar-refractivity contribution < 1.29 is 19.1 Å². The van der Waals surface area contributed by atoms with Crippen LogP contribution in [0.4, 0.5) is 0 Å². The minimum absolute atomic E-state index is 0.387. The molecule has 2 rings (SSSR count). The number of hydrogen-bond donors (Lipinski definition) is 1. The molecule has 132 valence electrons. The average Bonchev–Trinajstić information content (AvgIpc) is 2.63. The zero-order chi connectivity index (χ0) is 17.1. The molecule has 4 nitrogen and oxygen atoms in total. The summed E-state index contributed by atoms with van der Waals surface area (Å²) >= 11 is 0. The lowest BCUT2D eigenvalue weighted by atomic mass is 10.0. The van der Waals surface area contributed by atoms with Crippen LogP contribution in [0, 0.1) is 11.8 Å². The van der Waals surface area contributed by atoms with E-state index in [9.17, 15) is 0 Å². The summed E-state index contributed by atoms with van der Waals surface area (Å²) in [6.07, 6.45) is 0.872. The maximum Gasteiger partial charge on any atom is 0.139 e. The molecule has 0 bridgehead atoms. The van der Waals surface area contributed by atoms with Crippen LogP contribution in [-0.2, 0) is 20.8 Å². The maximum atomic E-state index is 5.97. The van der Waals surface area contributed by atoms with Crippen molar-refractivity contribution in [3.05, 3.63) is 35.9 Å². The first-order valence-electron chi connectivity index (χ1n) is 8.89. The van der Waals surface area contributed by atoms with Gasteiger partial charge in [-0.25, -0.2) is 0 Å². The van der Waals surface area contributed by atoms with Crippen molar-refractivity contribution in [3.63, 3.8) is 0 Å². The van der Waals surface area contributed by atoms with Crippen molar-refractivity contribution in [2.75, 3.05) is 46.1 Å². The molecular formula is C20H30NO3+. The first-order valence-corrected chi connectivity index (χ1v) is 8.89. The number of ether oxygens (including phenoxy) is 3. The molecular weight excluding hydrogens is 302 g/mol. The van der Waals surface area contributed by atoms with Crippen LogP contribution in [0.1, 0.15) is 25.8 Å². The third-order valence-corrected chi connectivity index (χ3v) is 4.33. The largest absolute Gasteiger partial charge is 0.374 e. The van der Waals surface area contributed by atoms with E-state index in [1.54, 1.807) is 0 Å². The monoisotopic (exact) mass is 332 g/mol. The van der Waals surface area contributed by atoms with Crippen LogP contribution in [0.2, 0.25) is 0 Å². The minimum Gasteiger partial charge on any atom is -0.374 e. The van der Waals surface area contributed by atoms with Crippen molar-refractivity contribution in [2.24, 2.45) is 0 Å². The molecule has 0 amide bonds. The number of benzene rings is 1. The predicted octanol–water partition coefficient (Wildman–Crippen LogP) is 1.31. The van der Waals surface area contributed by atoms with Crippen LogP contribution < -0.4 is 4.90 Å². The van der Waals surface area contributed by atoms with Gasteiger partial charge in [-0.15, -0.1) is 0 Å². The molecule has 0 saturated carbocycles. The molecule has 0 radical (unpaired) electrons. The zero-order valence-electron chi connectivity index (χ0n) is 15.0. The van der Waals surface area contributed by atoms with Gasteiger partial charge in [0.05, 0.1) is 33.0 Å². The summed E-state index contributed by atoms with van der Waals surface area (Å²) < 4.78 is 17.0. The molecule has 0 unspecified atom stereocenters. The average molecular weight is 332 g/mol. The summed E-state index contributed by atoms with van der Waals surface area (Å²) in [7, 11) is 0. The first kappa shape index (κ1) is 19.0. The Hall–Kier alpha value is -1.38. The molecule has 1 heterocycles. The van der Waals surface area contributed by atoms with Gasteiger partial charge in [0.25, 0.3) is 0 Å². The molecule has 0 spiro atoms. The Morgan fingerprint density at radius 3 is 2.62 bits per heavy atom. The molecule has 1 aromatic rings. The van der Waals surface area contributed by atoms with Crippen molar-refractivity contribution in [3.8, 4) is 11.8 Å². The molecule has 1 aliphatic heterocycles. The van der Waals surface area contributed by atoms with Crippen LogP contribution >= 0.6 is 0 Å². The van der Waals surface area contributed by atoms with Crippen LogP contribution in [0.25, 0.3) is 0 Å². The van der Waals surface area contributed by atoms with Gasteiger partial charge in [0.2, 0.25) is 0 Å². The van der Waals surface area contributed by atoms with Gasteiger partial charge in [0.1, 0.15) is 25.2 Å². The SMILES string of the molecule is CC[C@@](C)(C#CC[NH+]1CCOCC1)OCCOCc1ccccc1. The Labute approximate surface area is 146 Å². The Morgan fingerprint density at radius 2 is 1.92 bits per heavy atom. The van der Waals surface area contributed by atoms with Crippen LogP contribution in [0.5, 0.6) is 0 Å². The summed E-state index contributed by atoms with van der Waals surface area (Å²) in [5, 5.41) is 0. The van der Waals surface area contributed by atoms with Crippen LogP contribution in [0.3, 0.4) is 0 Å². The number of hydrogen-bond acceptors (Lipinski definition) is 3. The fourth-order valence-electron chi connectivity index (χ4n) is 2.51. The third-order valence-electron chi connectivity index (χ3n) is 4.33. The zero-order valence-corrected chi connectivity index (χ0v) is 15.0. The second kappa shape index (κ2) is 10.5. The van der Waals surface area contributed by atoms with E-state index in [2.05, 4.69) is 37.8 Å². The van der Waals surface area contributed by atoms with E-state index < -0.39 is 0 Å². The Kier molecular flexibility index (Phi) is 8.27. The van der Waals surface area contributed by atoms with Gasteiger partial charge in [-0.3, -0.25) is 0 Å². The van der Waals surface area contributed by atoms with E-state index in [-0.39, 0.29) is 5.60 Å². The fraction of sp³-hybridized carbons (Fsp3) is 0.600. The number of quaternary nitrogens is 1. The predicted molar refractivity (Wildman–Crippen MR) is 94.9 cm³/mol. The van der Waals surface area contributed by atoms with Gasteiger partial charge in [-0.1, -0.05) is 43.2 Å². The number of rotatable bonds is 8. The molecule has 1 N–H and O–H groups in total. The minimum atomic E-state index is -0.387. The molecule has 1 fully saturated rings. The van der Waals surface area contributed by atoms with Gasteiger partial charge in [-0.2, -0.15) is 0 Å². The summed E-state index contributed by atoms with van der Waals surface area (Å²) in [6, 6.07) is 10.2. The lowest BCUT2D eigenvalue weighted by Crippen LogP contribution is -3.14. The second-order valence-electron chi connectivity index (χ2n) is 6.31. The highest BCUT2D eigenvalue weighted by molar-refractivity contribution is 5.13. The van der Waals surface area contributed by atoms with Gasteiger partial charge < -0.3 is 19.1 Å². The molecule has 1 aromatic carbocycles. The lowest BCUT2D eigenvalue weighted by molar-refractivity contribution is -0.900. The van der Waals surface area contributed by atoms with E-state index in [4.69, 9.17) is 14.2 Å². The van der Waals surface area contributed by atoms with E-state index in [0.29, 0.717) is 19.8 Å². The van der Waals surface area contributed by atoms with E-state index in [0.717, 1.165) is 39.3 Å². The standard InChI is InChI=1S/C20H29NO3/c1-3-20(2,10-7-11-21-12-14-22-15-13-21)24-17-16-23-18-19-8-5-4-6-9-19/h4-6,8-9H,3,11-18H2,1-2H3/p+1/t20-/m0/s1. The van der Waals surface area contributed by atoms with E-state index in [1.807, 2.05) is 18.2 Å². The molecule has 1 saturated heterocycles. The third kappa shape index (κ3) is 7.02. The maximum absolute atomic E-state index is 5.97. The fourth-order valence-corrected chi connectivity index (χ4v) is 2.51. The van der Waals surface area contributed by atoms with Gasteiger partial charge in [0.15, 0.2) is 0 Å². The highest BCUT2D eigenvalue weighted by atomic mass is 16.5. The number of nitrogens with one attached hydrogen (secondary N) is 1. The molecule has 24 heavy (non-hydrogen) atoms. The number of morpholine rings is 1. The Morgan fingerprint density at radius 1 is 1.17 bits per heavy atom. The smallest absolute Gasteiger partial charge is 0.139 e. The van der Waals surface area contributed by atoms with Crippen molar-refractivity contribution in [1.82, 2.24) is 0 Å². The highest BCUT2D eigenvalue weighted by Crippen LogP contribution is 2.13. The molecule has 4 heteroatoms. The quantitative estimate of drug-likeness (QED) is 0.575. The summed E-state index contributed by atoms with van der Waals surface area (Å²) in [5.41, 5.74) is 0.797. The Balaban J connectivity index is 1.66. The summed E-state index contributed by atoms with van der Waals surface area (Å²) in [5.74, 6) is 6.62. The van der Waals surface area contributed by atoms with Gasteiger partial charge in [0, 0.05) is 0 Å². The molecule has 1 aliphatic rings. The first-order chi connectivity index (χ1) is 11.7. The van der Waals surface area contributed by atoms with Crippen molar-refractivity contribution in [1.29, 1.82) is 0 Å². The molecule has 0 aromatic heterocycles. The topological polar surface area (TPSA) is 32.1 Å². The van der Waals surface area contributed by atoms with Crippen molar-refractivity contribution in [2.45, 2.75) is 32.5 Å². The summed E-state index contributed by atoms with van der Waals surface area (Å²) in [6.45, 7) is 10.6. The molecule has 1 atom stereocenters. The van der Waals surface area contributed by atoms with Crippen LogP contribution in [0.15, 0.2) is 30.3 Å². The second-order valence-corrected chi connectivity index (χ2v) is 6.31. The van der Waals surface area contributed by atoms with E-state index in [1.165, 1.54) is 10.5 Å². The lowest BCUT2D eigenvalue weighted by Gasteiger charge is -2.24. The summed E-state index contributed by atoms with van der Waals surface area (Å²) in [4.78, 5) is 1.50. The molecule has 0 aliphatic carbocycles. The Bertz CT molecular complexity index is 517. The van der Waals surface area contributed by atoms with Crippen molar-refractivity contribution >= 4 is 0 Å². The van der Waals surface area contributed by atoms with E-state index >= 15 is 0 Å². The normalized spacial score (nSPS) is 17.8. The van der Waals surface area contributed by atoms with Crippen LogP contribution in [-0.4, -0.2) is 51.7 Å².